The minimum Gasteiger partial charge on any atom is -0.462 e. The van der Waals surface area contributed by atoms with Gasteiger partial charge in [-0.1, -0.05) is 6.07 Å². The Labute approximate surface area is 127 Å². The predicted molar refractivity (Wildman–Crippen MR) is 81.6 cm³/mol. The van der Waals surface area contributed by atoms with Gasteiger partial charge in [-0.15, -0.1) is 0 Å². The van der Waals surface area contributed by atoms with Gasteiger partial charge < -0.3 is 21.2 Å². The summed E-state index contributed by atoms with van der Waals surface area (Å²) in [6.07, 6.45) is 4.00. The molecule has 0 radical (unpaired) electrons. The van der Waals surface area contributed by atoms with Gasteiger partial charge in [0, 0.05) is 11.9 Å². The summed E-state index contributed by atoms with van der Waals surface area (Å²) in [6.45, 7) is 1.90. The van der Waals surface area contributed by atoms with Crippen LogP contribution in [0.2, 0.25) is 0 Å². The fourth-order valence-electron chi connectivity index (χ4n) is 1.74. The summed E-state index contributed by atoms with van der Waals surface area (Å²) < 4.78 is 4.84. The fraction of sp³-hybridized carbons (Fsp3) is 0.143. The summed E-state index contributed by atoms with van der Waals surface area (Å²) in [6, 6.07) is 7.16. The van der Waals surface area contributed by atoms with Gasteiger partial charge in [-0.05, 0) is 25.1 Å². The lowest BCUT2D eigenvalue weighted by atomic mass is 10.2. The molecule has 0 unspecified atom stereocenters. The molecule has 0 bridgehead atoms. The third kappa shape index (κ3) is 3.48. The Morgan fingerprint density at radius 3 is 2.82 bits per heavy atom. The van der Waals surface area contributed by atoms with Crippen LogP contribution in [-0.4, -0.2) is 33.8 Å². The van der Waals surface area contributed by atoms with Crippen LogP contribution in [0.5, 0.6) is 0 Å². The summed E-state index contributed by atoms with van der Waals surface area (Å²) in [5.41, 5.74) is 7.17. The van der Waals surface area contributed by atoms with E-state index in [4.69, 9.17) is 15.9 Å². The van der Waals surface area contributed by atoms with Gasteiger partial charge in [-0.2, -0.15) is 15.0 Å². The molecule has 0 aliphatic rings. The number of hydrogen-bond donors (Lipinski definition) is 3. The lowest BCUT2D eigenvalue weighted by Crippen LogP contribution is -2.20. The van der Waals surface area contributed by atoms with E-state index in [0.717, 1.165) is 11.9 Å². The van der Waals surface area contributed by atoms with Gasteiger partial charge in [-0.25, -0.2) is 4.79 Å². The van der Waals surface area contributed by atoms with Gasteiger partial charge in [0.1, 0.15) is 11.4 Å². The summed E-state index contributed by atoms with van der Waals surface area (Å²) >= 11 is 0. The SMILES string of the molecule is CCOC(=O)/C(C=N)=C(/N)Nc1cccc(-n2nccn2)c1. The molecule has 0 amide bonds. The van der Waals surface area contributed by atoms with Crippen molar-refractivity contribution in [2.75, 3.05) is 11.9 Å². The van der Waals surface area contributed by atoms with E-state index in [1.165, 1.54) is 4.80 Å². The molecular weight excluding hydrogens is 284 g/mol. The molecule has 4 N–H and O–H groups in total. The van der Waals surface area contributed by atoms with Crippen molar-refractivity contribution in [2.45, 2.75) is 6.92 Å². The second-order valence-corrected chi connectivity index (χ2v) is 4.19. The summed E-state index contributed by atoms with van der Waals surface area (Å²) in [5, 5.41) is 18.2. The van der Waals surface area contributed by atoms with Crippen LogP contribution in [0.3, 0.4) is 0 Å². The predicted octanol–water partition coefficient (Wildman–Crippen LogP) is 1.06. The van der Waals surface area contributed by atoms with Crippen LogP contribution in [0.15, 0.2) is 48.1 Å². The van der Waals surface area contributed by atoms with Crippen LogP contribution < -0.4 is 11.1 Å². The smallest absolute Gasteiger partial charge is 0.343 e. The molecular formula is C14H16N6O2. The molecule has 1 heterocycles. The maximum absolute atomic E-state index is 11.7. The Morgan fingerprint density at radius 1 is 1.45 bits per heavy atom. The van der Waals surface area contributed by atoms with E-state index in [-0.39, 0.29) is 18.0 Å². The van der Waals surface area contributed by atoms with Gasteiger partial charge in [0.15, 0.2) is 0 Å². The number of benzene rings is 1. The molecule has 8 nitrogen and oxygen atoms in total. The molecule has 1 aromatic carbocycles. The Kier molecular flexibility index (Phi) is 4.86. The molecule has 0 saturated heterocycles. The first kappa shape index (κ1) is 15.2. The number of rotatable bonds is 6. The van der Waals surface area contributed by atoms with E-state index in [1.807, 2.05) is 6.07 Å². The highest BCUT2D eigenvalue weighted by Crippen LogP contribution is 2.15. The van der Waals surface area contributed by atoms with E-state index < -0.39 is 5.97 Å². The van der Waals surface area contributed by atoms with Crippen LogP contribution in [0.4, 0.5) is 5.69 Å². The molecule has 0 fully saturated rings. The number of aromatic nitrogens is 3. The molecule has 114 valence electrons. The van der Waals surface area contributed by atoms with Crippen molar-refractivity contribution < 1.29 is 9.53 Å². The summed E-state index contributed by atoms with van der Waals surface area (Å²) in [5.74, 6) is -0.605. The van der Waals surface area contributed by atoms with Crippen molar-refractivity contribution in [2.24, 2.45) is 5.73 Å². The Morgan fingerprint density at radius 2 is 2.18 bits per heavy atom. The fourth-order valence-corrected chi connectivity index (χ4v) is 1.74. The Balaban J connectivity index is 2.24. The van der Waals surface area contributed by atoms with Crippen molar-refractivity contribution in [1.29, 1.82) is 5.41 Å². The number of esters is 1. The first-order chi connectivity index (χ1) is 10.7. The zero-order chi connectivity index (χ0) is 15.9. The average Bonchev–Trinajstić information content (AvgIpc) is 3.03. The van der Waals surface area contributed by atoms with Crippen LogP contribution in [0, 0.1) is 5.41 Å². The van der Waals surface area contributed by atoms with Crippen LogP contribution >= 0.6 is 0 Å². The second-order valence-electron chi connectivity index (χ2n) is 4.19. The normalized spacial score (nSPS) is 11.5. The Hall–Kier alpha value is -3.16. The molecule has 2 rings (SSSR count). The van der Waals surface area contributed by atoms with Crippen molar-refractivity contribution in [3.05, 3.63) is 48.1 Å². The topological polar surface area (TPSA) is 119 Å². The van der Waals surface area contributed by atoms with E-state index >= 15 is 0 Å². The third-order valence-electron chi connectivity index (χ3n) is 2.70. The van der Waals surface area contributed by atoms with Gasteiger partial charge in [0.2, 0.25) is 0 Å². The second kappa shape index (κ2) is 7.02. The van der Waals surface area contributed by atoms with Crippen molar-refractivity contribution in [1.82, 2.24) is 15.0 Å². The van der Waals surface area contributed by atoms with E-state index in [1.54, 1.807) is 37.5 Å². The maximum Gasteiger partial charge on any atom is 0.343 e. The molecule has 1 aromatic heterocycles. The zero-order valence-electron chi connectivity index (χ0n) is 12.0. The van der Waals surface area contributed by atoms with Crippen molar-refractivity contribution in [3.63, 3.8) is 0 Å². The zero-order valence-corrected chi connectivity index (χ0v) is 12.0. The third-order valence-corrected chi connectivity index (χ3v) is 2.70. The van der Waals surface area contributed by atoms with Crippen molar-refractivity contribution in [3.8, 4) is 5.69 Å². The largest absolute Gasteiger partial charge is 0.462 e. The van der Waals surface area contributed by atoms with Crippen LogP contribution in [-0.2, 0) is 9.53 Å². The number of carbonyl (C=O) groups is 1. The quantitative estimate of drug-likeness (QED) is 0.417. The number of carbonyl (C=O) groups excluding carboxylic acids is 1. The summed E-state index contributed by atoms with van der Waals surface area (Å²) in [4.78, 5) is 13.1. The number of nitrogens with one attached hydrogen (secondary N) is 2. The molecule has 0 saturated carbocycles. The monoisotopic (exact) mass is 300 g/mol. The highest BCUT2D eigenvalue weighted by molar-refractivity contribution is 6.09. The van der Waals surface area contributed by atoms with E-state index in [0.29, 0.717) is 5.69 Å². The summed E-state index contributed by atoms with van der Waals surface area (Å²) in [7, 11) is 0. The van der Waals surface area contributed by atoms with Gasteiger partial charge in [-0.3, -0.25) is 0 Å². The maximum atomic E-state index is 11.7. The number of nitrogens with zero attached hydrogens (tertiary/aromatic N) is 3. The van der Waals surface area contributed by atoms with Crippen molar-refractivity contribution >= 4 is 17.9 Å². The Bertz CT molecular complexity index is 693. The average molecular weight is 300 g/mol. The lowest BCUT2D eigenvalue weighted by molar-refractivity contribution is -0.137. The highest BCUT2D eigenvalue weighted by Gasteiger charge is 2.13. The molecule has 0 spiro atoms. The molecule has 0 aliphatic carbocycles. The van der Waals surface area contributed by atoms with Crippen LogP contribution in [0.25, 0.3) is 5.69 Å². The molecule has 2 aromatic rings. The minimum atomic E-state index is -0.646. The molecule has 0 atom stereocenters. The molecule has 8 heteroatoms. The first-order valence-electron chi connectivity index (χ1n) is 6.56. The highest BCUT2D eigenvalue weighted by atomic mass is 16.5. The van der Waals surface area contributed by atoms with Gasteiger partial charge in [0.05, 0.1) is 24.7 Å². The van der Waals surface area contributed by atoms with Gasteiger partial charge >= 0.3 is 5.97 Å². The lowest BCUT2D eigenvalue weighted by Gasteiger charge is -2.11. The van der Waals surface area contributed by atoms with Crippen LogP contribution in [0.1, 0.15) is 6.92 Å². The standard InChI is InChI=1S/C14H16N6O2/c1-2-22-14(21)12(9-15)13(16)19-10-4-3-5-11(8-10)20-17-6-7-18-20/h3-9,15,19H,2,16H2,1H3/b13-12-,15-9?. The number of anilines is 1. The number of nitrogens with two attached hydrogens (primary N) is 1. The number of ether oxygens (including phenoxy) is 1. The van der Waals surface area contributed by atoms with Gasteiger partial charge in [0.25, 0.3) is 0 Å². The first-order valence-corrected chi connectivity index (χ1v) is 6.56. The number of hydrogen-bond acceptors (Lipinski definition) is 7. The molecule has 0 aliphatic heterocycles. The van der Waals surface area contributed by atoms with E-state index in [2.05, 4.69) is 15.5 Å². The molecule has 22 heavy (non-hydrogen) atoms. The van der Waals surface area contributed by atoms with E-state index in [9.17, 15) is 4.79 Å². The minimum absolute atomic E-state index is 0.0375.